The summed E-state index contributed by atoms with van der Waals surface area (Å²) < 4.78 is 5.20. The van der Waals surface area contributed by atoms with Crippen molar-refractivity contribution in [3.63, 3.8) is 0 Å². The molecule has 1 aromatic rings. The number of ether oxygens (including phenoxy) is 1. The third kappa shape index (κ3) is 2.74. The maximum absolute atomic E-state index is 13.0. The van der Waals surface area contributed by atoms with Gasteiger partial charge in [0, 0.05) is 19.2 Å². The number of primary amides is 1. The van der Waals surface area contributed by atoms with E-state index >= 15 is 0 Å². The second-order valence-electron chi connectivity index (χ2n) is 6.58. The van der Waals surface area contributed by atoms with Gasteiger partial charge in [-0.2, -0.15) is 0 Å². The fourth-order valence-electron chi connectivity index (χ4n) is 3.91. The molecule has 1 aromatic carbocycles. The highest BCUT2D eigenvalue weighted by atomic mass is 16.5. The first-order valence-corrected chi connectivity index (χ1v) is 8.31. The molecule has 2 amide bonds. The van der Waals surface area contributed by atoms with Gasteiger partial charge in [-0.25, -0.2) is 0 Å². The standard InChI is InChI=1S/C18H24N2O3/c1-23-12-18(17(19)22)9-4-10-20(18)16(21)15-8-7-13-5-2-3-6-14(13)11-15/h7-8,11H,2-6,9-10,12H2,1H3,(H2,19,22). The minimum absolute atomic E-state index is 0.119. The number of nitrogens with zero attached hydrogens (tertiary/aromatic N) is 1. The average molecular weight is 316 g/mol. The Hall–Kier alpha value is -1.88. The van der Waals surface area contributed by atoms with Crippen molar-refractivity contribution < 1.29 is 14.3 Å². The molecule has 0 aromatic heterocycles. The summed E-state index contributed by atoms with van der Waals surface area (Å²) in [7, 11) is 1.53. The summed E-state index contributed by atoms with van der Waals surface area (Å²) in [6.07, 6.45) is 5.82. The van der Waals surface area contributed by atoms with Crippen LogP contribution in [0.3, 0.4) is 0 Å². The zero-order valence-corrected chi connectivity index (χ0v) is 13.6. The molecule has 1 heterocycles. The van der Waals surface area contributed by atoms with Crippen molar-refractivity contribution in [2.24, 2.45) is 5.73 Å². The van der Waals surface area contributed by atoms with Gasteiger partial charge in [0.25, 0.3) is 5.91 Å². The van der Waals surface area contributed by atoms with Crippen LogP contribution in [0.4, 0.5) is 0 Å². The van der Waals surface area contributed by atoms with Gasteiger partial charge in [-0.15, -0.1) is 0 Å². The van der Waals surface area contributed by atoms with Gasteiger partial charge in [0.2, 0.25) is 5.91 Å². The molecule has 5 nitrogen and oxygen atoms in total. The Labute approximate surface area is 136 Å². The predicted octanol–water partition coefficient (Wildman–Crippen LogP) is 1.67. The maximum atomic E-state index is 13.0. The Balaban J connectivity index is 1.91. The lowest BCUT2D eigenvalue weighted by molar-refractivity contribution is -0.130. The smallest absolute Gasteiger partial charge is 0.254 e. The second kappa shape index (κ2) is 6.32. The van der Waals surface area contributed by atoms with E-state index in [1.807, 2.05) is 12.1 Å². The third-order valence-electron chi connectivity index (χ3n) is 5.17. The van der Waals surface area contributed by atoms with Crippen molar-refractivity contribution in [1.82, 2.24) is 4.90 Å². The molecule has 1 fully saturated rings. The molecule has 1 saturated heterocycles. The van der Waals surface area contributed by atoms with Gasteiger partial charge in [0.1, 0.15) is 5.54 Å². The summed E-state index contributed by atoms with van der Waals surface area (Å²) in [6, 6.07) is 5.93. The number of hydrogen-bond donors (Lipinski definition) is 1. The molecule has 1 unspecified atom stereocenters. The van der Waals surface area contributed by atoms with E-state index in [2.05, 4.69) is 6.07 Å². The van der Waals surface area contributed by atoms with Crippen LogP contribution in [0.25, 0.3) is 0 Å². The third-order valence-corrected chi connectivity index (χ3v) is 5.17. The van der Waals surface area contributed by atoms with Crippen molar-refractivity contribution in [1.29, 1.82) is 0 Å². The maximum Gasteiger partial charge on any atom is 0.254 e. The minimum Gasteiger partial charge on any atom is -0.382 e. The number of methoxy groups -OCH3 is 1. The highest BCUT2D eigenvalue weighted by Crippen LogP contribution is 2.32. The van der Waals surface area contributed by atoms with Crippen LogP contribution in [0.2, 0.25) is 0 Å². The lowest BCUT2D eigenvalue weighted by Crippen LogP contribution is -2.58. The molecular formula is C18H24N2O3. The molecule has 5 heteroatoms. The summed E-state index contributed by atoms with van der Waals surface area (Å²) in [6.45, 7) is 0.696. The first-order chi connectivity index (χ1) is 11.1. The summed E-state index contributed by atoms with van der Waals surface area (Å²) in [5.41, 5.74) is 7.86. The van der Waals surface area contributed by atoms with Crippen LogP contribution in [-0.2, 0) is 22.4 Å². The molecule has 0 saturated carbocycles. The Morgan fingerprint density at radius 1 is 1.22 bits per heavy atom. The van der Waals surface area contributed by atoms with Gasteiger partial charge in [-0.1, -0.05) is 6.07 Å². The monoisotopic (exact) mass is 316 g/mol. The highest BCUT2D eigenvalue weighted by molar-refractivity contribution is 5.99. The number of carbonyl (C=O) groups excluding carboxylic acids is 2. The van der Waals surface area contributed by atoms with Crippen LogP contribution in [-0.4, -0.2) is 42.5 Å². The van der Waals surface area contributed by atoms with Crippen molar-refractivity contribution >= 4 is 11.8 Å². The molecule has 2 aliphatic rings. The lowest BCUT2D eigenvalue weighted by atomic mass is 9.89. The number of benzene rings is 1. The predicted molar refractivity (Wildman–Crippen MR) is 87.2 cm³/mol. The molecule has 0 bridgehead atoms. The number of amides is 2. The topological polar surface area (TPSA) is 72.6 Å². The van der Waals surface area contributed by atoms with Gasteiger partial charge in [-0.05, 0) is 61.8 Å². The number of likely N-dealkylation sites (tertiary alicyclic amines) is 1. The molecule has 0 radical (unpaired) electrons. The van der Waals surface area contributed by atoms with E-state index in [9.17, 15) is 9.59 Å². The Bertz CT molecular complexity index is 629. The molecule has 3 rings (SSSR count). The number of rotatable bonds is 4. The van der Waals surface area contributed by atoms with Crippen molar-refractivity contribution in [2.75, 3.05) is 20.3 Å². The van der Waals surface area contributed by atoms with Crippen molar-refractivity contribution in [3.05, 3.63) is 34.9 Å². The fraction of sp³-hybridized carbons (Fsp3) is 0.556. The number of carbonyl (C=O) groups is 2. The highest BCUT2D eigenvalue weighted by Gasteiger charge is 2.48. The average Bonchev–Trinajstić information content (AvgIpc) is 2.99. The van der Waals surface area contributed by atoms with E-state index in [1.54, 1.807) is 4.90 Å². The summed E-state index contributed by atoms with van der Waals surface area (Å²) >= 11 is 0. The van der Waals surface area contributed by atoms with E-state index in [-0.39, 0.29) is 12.5 Å². The zero-order valence-electron chi connectivity index (χ0n) is 13.6. The van der Waals surface area contributed by atoms with Crippen molar-refractivity contribution in [2.45, 2.75) is 44.1 Å². The van der Waals surface area contributed by atoms with E-state index in [4.69, 9.17) is 10.5 Å². The van der Waals surface area contributed by atoms with Gasteiger partial charge in [0.05, 0.1) is 6.61 Å². The molecule has 124 valence electrons. The molecule has 1 aliphatic carbocycles. The van der Waals surface area contributed by atoms with E-state index in [0.717, 1.165) is 19.3 Å². The Morgan fingerprint density at radius 2 is 1.96 bits per heavy atom. The summed E-state index contributed by atoms with van der Waals surface area (Å²) in [4.78, 5) is 26.6. The quantitative estimate of drug-likeness (QED) is 0.918. The SMILES string of the molecule is COCC1(C(N)=O)CCCN1C(=O)c1ccc2c(c1)CCCC2. The number of nitrogens with two attached hydrogens (primary N) is 1. The van der Waals surface area contributed by atoms with E-state index < -0.39 is 11.4 Å². The first kappa shape index (κ1) is 16.0. The molecule has 2 N–H and O–H groups in total. The van der Waals surface area contributed by atoms with Gasteiger partial charge >= 0.3 is 0 Å². The van der Waals surface area contributed by atoms with Crippen LogP contribution in [0.1, 0.15) is 47.2 Å². The van der Waals surface area contributed by atoms with Crippen LogP contribution in [0.5, 0.6) is 0 Å². The lowest BCUT2D eigenvalue weighted by Gasteiger charge is -2.35. The summed E-state index contributed by atoms with van der Waals surface area (Å²) in [5, 5.41) is 0. The summed E-state index contributed by atoms with van der Waals surface area (Å²) in [5.74, 6) is -0.602. The normalized spacial score (nSPS) is 23.6. The number of aryl methyl sites for hydroxylation is 2. The van der Waals surface area contributed by atoms with Crippen LogP contribution < -0.4 is 5.73 Å². The first-order valence-electron chi connectivity index (χ1n) is 8.31. The van der Waals surface area contributed by atoms with Crippen LogP contribution in [0.15, 0.2) is 18.2 Å². The van der Waals surface area contributed by atoms with E-state index in [0.29, 0.717) is 18.5 Å². The molecule has 23 heavy (non-hydrogen) atoms. The number of fused-ring (bicyclic) bond motifs is 1. The number of hydrogen-bond acceptors (Lipinski definition) is 3. The van der Waals surface area contributed by atoms with Gasteiger partial charge in [0.15, 0.2) is 0 Å². The Kier molecular flexibility index (Phi) is 4.39. The molecular weight excluding hydrogens is 292 g/mol. The molecule has 0 spiro atoms. The van der Waals surface area contributed by atoms with E-state index in [1.165, 1.54) is 31.1 Å². The zero-order chi connectivity index (χ0) is 16.4. The second-order valence-corrected chi connectivity index (χ2v) is 6.58. The largest absolute Gasteiger partial charge is 0.382 e. The Morgan fingerprint density at radius 3 is 2.65 bits per heavy atom. The van der Waals surface area contributed by atoms with Gasteiger partial charge < -0.3 is 15.4 Å². The van der Waals surface area contributed by atoms with Gasteiger partial charge in [-0.3, -0.25) is 9.59 Å². The molecule has 1 aliphatic heterocycles. The van der Waals surface area contributed by atoms with Crippen molar-refractivity contribution in [3.8, 4) is 0 Å². The van der Waals surface area contributed by atoms with Crippen LogP contribution >= 0.6 is 0 Å². The minimum atomic E-state index is -1.01. The van der Waals surface area contributed by atoms with Crippen LogP contribution in [0, 0.1) is 0 Å². The fourth-order valence-corrected chi connectivity index (χ4v) is 3.91. The molecule has 1 atom stereocenters.